The van der Waals surface area contributed by atoms with Crippen LogP contribution >= 0.6 is 0 Å². The molecule has 0 saturated heterocycles. The van der Waals surface area contributed by atoms with Crippen molar-refractivity contribution < 1.29 is 17.6 Å². The van der Waals surface area contributed by atoms with Crippen molar-refractivity contribution in [3.63, 3.8) is 0 Å². The molecule has 1 fully saturated rings. The lowest BCUT2D eigenvalue weighted by molar-refractivity contribution is -0.121. The summed E-state index contributed by atoms with van der Waals surface area (Å²) in [6, 6.07) is 31.6. The molecule has 0 spiro atoms. The van der Waals surface area contributed by atoms with Gasteiger partial charge in [0.25, 0.3) is 0 Å². The monoisotopic (exact) mass is 593 g/mol. The molecule has 1 N–H and O–H groups in total. The Balaban J connectivity index is 1.43. The van der Waals surface area contributed by atoms with E-state index in [1.807, 2.05) is 60.7 Å². The molecule has 1 aliphatic rings. The van der Waals surface area contributed by atoms with Gasteiger partial charge in [-0.25, -0.2) is 17.8 Å². The second-order valence-electron chi connectivity index (χ2n) is 11.0. The van der Waals surface area contributed by atoms with Gasteiger partial charge in [-0.15, -0.1) is 0 Å². The Labute approximate surface area is 251 Å². The van der Waals surface area contributed by atoms with E-state index in [0.717, 1.165) is 29.4 Å². The van der Waals surface area contributed by atoms with Gasteiger partial charge in [0, 0.05) is 24.5 Å². The number of pyridine rings is 1. The van der Waals surface area contributed by atoms with E-state index < -0.39 is 10.0 Å². The Hall–Kier alpha value is -4.40. The summed E-state index contributed by atoms with van der Waals surface area (Å²) >= 11 is 0. The predicted octanol–water partition coefficient (Wildman–Crippen LogP) is 6.67. The van der Waals surface area contributed by atoms with Crippen LogP contribution in [-0.4, -0.2) is 30.7 Å². The minimum Gasteiger partial charge on any atom is -0.349 e. The molecule has 0 unspecified atom stereocenters. The molecule has 43 heavy (non-hydrogen) atoms. The third kappa shape index (κ3) is 6.21. The van der Waals surface area contributed by atoms with E-state index in [-0.39, 0.29) is 41.5 Å². The van der Waals surface area contributed by atoms with Gasteiger partial charge in [-0.05, 0) is 65.8 Å². The minimum absolute atomic E-state index is 0.00988. The van der Waals surface area contributed by atoms with Crippen molar-refractivity contribution in [2.24, 2.45) is 5.92 Å². The first-order valence-electron chi connectivity index (χ1n) is 14.3. The van der Waals surface area contributed by atoms with Gasteiger partial charge in [0.1, 0.15) is 5.82 Å². The molecule has 8 heteroatoms. The molecule has 0 bridgehead atoms. The quantitative estimate of drug-likeness (QED) is 0.196. The number of rotatable bonds is 10. The number of fused-ring (bicyclic) bond motifs is 1. The van der Waals surface area contributed by atoms with Crippen LogP contribution in [0.2, 0.25) is 0 Å². The first kappa shape index (κ1) is 28.7. The molecule has 4 aromatic carbocycles. The van der Waals surface area contributed by atoms with Crippen LogP contribution in [0.25, 0.3) is 22.2 Å². The lowest BCUT2D eigenvalue weighted by atomic mass is 9.94. The first-order chi connectivity index (χ1) is 20.8. The highest BCUT2D eigenvalue weighted by molar-refractivity contribution is 7.89. The summed E-state index contributed by atoms with van der Waals surface area (Å²) in [4.78, 5) is 19.0. The highest BCUT2D eigenvalue weighted by atomic mass is 32.2. The van der Waals surface area contributed by atoms with Crippen molar-refractivity contribution in [1.82, 2.24) is 14.6 Å². The Morgan fingerprint density at radius 2 is 1.58 bits per heavy atom. The zero-order valence-corrected chi connectivity index (χ0v) is 24.6. The van der Waals surface area contributed by atoms with Crippen LogP contribution in [0.15, 0.2) is 114 Å². The fourth-order valence-corrected chi connectivity index (χ4v) is 6.75. The fraction of sp³-hybridized carbons (Fsp3) is 0.200. The number of amides is 1. The summed E-state index contributed by atoms with van der Waals surface area (Å²) in [6.45, 7) is 0.0118. The van der Waals surface area contributed by atoms with Crippen LogP contribution in [0.1, 0.15) is 35.6 Å². The third-order valence-electron chi connectivity index (χ3n) is 7.95. The number of carbonyl (C=O) groups excluding carboxylic acids is 1. The zero-order valence-electron chi connectivity index (χ0n) is 23.8. The lowest BCUT2D eigenvalue weighted by Crippen LogP contribution is -2.32. The normalized spacial score (nSPS) is 14.1. The molecule has 1 amide bonds. The van der Waals surface area contributed by atoms with Crippen molar-refractivity contribution in [2.75, 3.05) is 7.05 Å². The van der Waals surface area contributed by atoms with Crippen molar-refractivity contribution >= 4 is 26.8 Å². The summed E-state index contributed by atoms with van der Waals surface area (Å²) in [5.74, 6) is -0.303. The summed E-state index contributed by atoms with van der Waals surface area (Å²) in [6.07, 6.45) is 1.94. The van der Waals surface area contributed by atoms with Gasteiger partial charge < -0.3 is 5.32 Å². The Kier molecular flexibility index (Phi) is 8.06. The van der Waals surface area contributed by atoms with E-state index in [9.17, 15) is 17.6 Å². The SMILES string of the molecule is CN(Cc1c(-c2ccccc2)nc2ccccc2c1CC(=O)N[C@H](c1cccc(F)c1)C1CC1)S(=O)(=O)c1ccccc1. The number of benzene rings is 4. The second-order valence-corrected chi connectivity index (χ2v) is 13.0. The number of para-hydroxylation sites is 1. The predicted molar refractivity (Wildman–Crippen MR) is 166 cm³/mol. The van der Waals surface area contributed by atoms with Crippen LogP contribution in [0.5, 0.6) is 0 Å². The molecule has 1 aromatic heterocycles. The van der Waals surface area contributed by atoms with Gasteiger partial charge in [-0.1, -0.05) is 78.9 Å². The average molecular weight is 594 g/mol. The lowest BCUT2D eigenvalue weighted by Gasteiger charge is -2.24. The van der Waals surface area contributed by atoms with E-state index in [2.05, 4.69) is 5.32 Å². The molecule has 1 atom stereocenters. The van der Waals surface area contributed by atoms with Crippen LogP contribution in [-0.2, 0) is 27.8 Å². The maximum absolute atomic E-state index is 14.1. The Morgan fingerprint density at radius 1 is 0.907 bits per heavy atom. The summed E-state index contributed by atoms with van der Waals surface area (Å²) < 4.78 is 42.6. The maximum Gasteiger partial charge on any atom is 0.243 e. The van der Waals surface area contributed by atoms with Crippen LogP contribution in [0.4, 0.5) is 4.39 Å². The zero-order chi connectivity index (χ0) is 30.0. The highest BCUT2D eigenvalue weighted by Crippen LogP contribution is 2.41. The number of sulfonamides is 1. The molecule has 5 aromatic rings. The van der Waals surface area contributed by atoms with Crippen molar-refractivity contribution in [3.05, 3.63) is 132 Å². The first-order valence-corrected chi connectivity index (χ1v) is 15.8. The highest BCUT2D eigenvalue weighted by Gasteiger charge is 2.34. The summed E-state index contributed by atoms with van der Waals surface area (Å²) in [7, 11) is -2.28. The van der Waals surface area contributed by atoms with Gasteiger partial charge in [-0.3, -0.25) is 4.79 Å². The van der Waals surface area contributed by atoms with Gasteiger partial charge in [-0.2, -0.15) is 4.31 Å². The molecule has 1 saturated carbocycles. The molecule has 6 rings (SSSR count). The summed E-state index contributed by atoms with van der Waals surface area (Å²) in [5.41, 5.74) is 4.29. The van der Waals surface area contributed by atoms with Crippen molar-refractivity contribution in [1.29, 1.82) is 0 Å². The van der Waals surface area contributed by atoms with E-state index in [4.69, 9.17) is 4.98 Å². The van der Waals surface area contributed by atoms with Crippen molar-refractivity contribution in [2.45, 2.75) is 36.7 Å². The van der Waals surface area contributed by atoms with Crippen LogP contribution < -0.4 is 5.32 Å². The fourth-order valence-electron chi connectivity index (χ4n) is 5.59. The van der Waals surface area contributed by atoms with Crippen LogP contribution in [0.3, 0.4) is 0 Å². The number of aromatic nitrogens is 1. The van der Waals surface area contributed by atoms with Crippen molar-refractivity contribution in [3.8, 4) is 11.3 Å². The largest absolute Gasteiger partial charge is 0.349 e. The molecular weight excluding hydrogens is 561 g/mol. The molecule has 6 nitrogen and oxygen atoms in total. The Bertz CT molecular complexity index is 1880. The molecule has 0 aliphatic heterocycles. The van der Waals surface area contributed by atoms with Gasteiger partial charge in [0.15, 0.2) is 0 Å². The molecule has 1 heterocycles. The molecule has 1 aliphatic carbocycles. The van der Waals surface area contributed by atoms with E-state index >= 15 is 0 Å². The topological polar surface area (TPSA) is 79.4 Å². The van der Waals surface area contributed by atoms with E-state index in [1.54, 1.807) is 43.4 Å². The smallest absolute Gasteiger partial charge is 0.243 e. The number of nitrogens with zero attached hydrogens (tertiary/aromatic N) is 2. The van der Waals surface area contributed by atoms with Gasteiger partial charge >= 0.3 is 0 Å². The van der Waals surface area contributed by atoms with E-state index in [1.165, 1.54) is 16.4 Å². The second kappa shape index (κ2) is 12.1. The Morgan fingerprint density at radius 3 is 2.28 bits per heavy atom. The van der Waals surface area contributed by atoms with Gasteiger partial charge in [0.05, 0.1) is 28.6 Å². The number of nitrogens with one attached hydrogen (secondary N) is 1. The van der Waals surface area contributed by atoms with Crippen LogP contribution in [0, 0.1) is 11.7 Å². The van der Waals surface area contributed by atoms with E-state index in [0.29, 0.717) is 22.3 Å². The van der Waals surface area contributed by atoms with Gasteiger partial charge in [0.2, 0.25) is 15.9 Å². The third-order valence-corrected chi connectivity index (χ3v) is 9.76. The standard InChI is InChI=1S/C35H32FN3O3S/c1-39(43(41,42)28-15-6-3-7-16-28)23-31-30(22-33(40)38-34(25-19-20-25)26-13-10-14-27(36)21-26)29-17-8-9-18-32(29)37-35(31)24-11-4-2-5-12-24/h2-18,21,25,34H,19-20,22-23H2,1H3,(H,38,40)/t34-/m0/s1. The number of hydrogen-bond acceptors (Lipinski definition) is 4. The molecule has 218 valence electrons. The number of halogens is 1. The number of carbonyl (C=O) groups is 1. The minimum atomic E-state index is -3.83. The molecular formula is C35H32FN3O3S. The summed E-state index contributed by atoms with van der Waals surface area (Å²) in [5, 5.41) is 3.96. The maximum atomic E-state index is 14.1. The average Bonchev–Trinajstić information content (AvgIpc) is 3.87. The molecule has 0 radical (unpaired) electrons. The number of hydrogen-bond donors (Lipinski definition) is 1.